The molecule has 0 aliphatic rings. The van der Waals surface area contributed by atoms with Crippen molar-refractivity contribution in [3.63, 3.8) is 0 Å². The maximum Gasteiger partial charge on any atom is 0.271 e. The number of hydrogen-bond acceptors (Lipinski definition) is 5. The van der Waals surface area contributed by atoms with Crippen LogP contribution in [0.3, 0.4) is 0 Å². The Morgan fingerprint density at radius 2 is 2.33 bits per heavy atom. The third kappa shape index (κ3) is 2.67. The normalized spacial score (nSPS) is 12.2. The Balaban J connectivity index is 2.02. The Hall–Kier alpha value is -1.89. The number of nitrogens with one attached hydrogen (secondary N) is 3. The lowest BCUT2D eigenvalue weighted by Gasteiger charge is -2.09. The zero-order valence-corrected chi connectivity index (χ0v) is 11.3. The van der Waals surface area contributed by atoms with E-state index in [-0.39, 0.29) is 11.9 Å². The smallest absolute Gasteiger partial charge is 0.271 e. The second-order valence-electron chi connectivity index (χ2n) is 3.93. The standard InChI is InChI=1S/C11H15N5OS/c1-6-4-13-9(14-6)7(2)15-10(17)8-5-18-11(12-3)16-8/h4-5,7H,1-3H3,(H,12,16)(H,13,14)(H,15,17)/t7-/m1/s1. The molecule has 2 rings (SSSR count). The van der Waals surface area contributed by atoms with E-state index in [1.807, 2.05) is 13.8 Å². The third-order valence-electron chi connectivity index (χ3n) is 2.43. The van der Waals surface area contributed by atoms with E-state index < -0.39 is 0 Å². The van der Waals surface area contributed by atoms with Gasteiger partial charge in [-0.3, -0.25) is 4.79 Å². The Kier molecular flexibility index (Phi) is 3.61. The van der Waals surface area contributed by atoms with Crippen LogP contribution in [0.1, 0.15) is 35.0 Å². The van der Waals surface area contributed by atoms with E-state index in [4.69, 9.17) is 0 Å². The Morgan fingerprint density at radius 1 is 1.56 bits per heavy atom. The summed E-state index contributed by atoms with van der Waals surface area (Å²) < 4.78 is 0. The molecule has 0 aromatic carbocycles. The fourth-order valence-corrected chi connectivity index (χ4v) is 2.14. The molecule has 96 valence electrons. The molecule has 0 aliphatic heterocycles. The number of thiazole rings is 1. The van der Waals surface area contributed by atoms with E-state index in [0.29, 0.717) is 5.69 Å². The fourth-order valence-electron chi connectivity index (χ4n) is 1.48. The molecular weight excluding hydrogens is 250 g/mol. The molecule has 18 heavy (non-hydrogen) atoms. The van der Waals surface area contributed by atoms with Gasteiger partial charge in [-0.1, -0.05) is 0 Å². The second kappa shape index (κ2) is 5.18. The molecule has 1 amide bonds. The zero-order valence-electron chi connectivity index (χ0n) is 10.4. The summed E-state index contributed by atoms with van der Waals surface area (Å²) >= 11 is 1.40. The quantitative estimate of drug-likeness (QED) is 0.786. The summed E-state index contributed by atoms with van der Waals surface area (Å²) in [5.74, 6) is 0.541. The van der Waals surface area contributed by atoms with Gasteiger partial charge < -0.3 is 15.6 Å². The monoisotopic (exact) mass is 265 g/mol. The first-order valence-corrected chi connectivity index (χ1v) is 6.43. The summed E-state index contributed by atoms with van der Waals surface area (Å²) in [5, 5.41) is 8.19. The largest absolute Gasteiger partial charge is 0.365 e. The molecule has 7 heteroatoms. The van der Waals surface area contributed by atoms with Crippen molar-refractivity contribution in [3.8, 4) is 0 Å². The highest BCUT2D eigenvalue weighted by Gasteiger charge is 2.15. The van der Waals surface area contributed by atoms with Crippen LogP contribution in [0.2, 0.25) is 0 Å². The van der Waals surface area contributed by atoms with Crippen LogP contribution in [0.5, 0.6) is 0 Å². The molecular formula is C11H15N5OS. The van der Waals surface area contributed by atoms with Crippen LogP contribution < -0.4 is 10.6 Å². The van der Waals surface area contributed by atoms with E-state index in [2.05, 4.69) is 25.6 Å². The number of nitrogens with zero attached hydrogens (tertiary/aromatic N) is 2. The van der Waals surface area contributed by atoms with Gasteiger partial charge in [0.25, 0.3) is 5.91 Å². The van der Waals surface area contributed by atoms with Gasteiger partial charge >= 0.3 is 0 Å². The molecule has 0 saturated carbocycles. The number of H-pyrrole nitrogens is 1. The molecule has 2 aromatic rings. The molecule has 0 spiro atoms. The maximum absolute atomic E-state index is 11.9. The van der Waals surface area contributed by atoms with E-state index >= 15 is 0 Å². The molecule has 0 radical (unpaired) electrons. The molecule has 0 fully saturated rings. The number of carbonyl (C=O) groups is 1. The number of anilines is 1. The Morgan fingerprint density at radius 3 is 2.89 bits per heavy atom. The number of aromatic nitrogens is 3. The van der Waals surface area contributed by atoms with Gasteiger partial charge in [-0.2, -0.15) is 0 Å². The SMILES string of the molecule is CNc1nc(C(=O)N[C@H](C)c2ncc(C)[nH]2)cs1. The summed E-state index contributed by atoms with van der Waals surface area (Å²) in [6, 6.07) is -0.175. The average Bonchev–Trinajstić information content (AvgIpc) is 2.97. The average molecular weight is 265 g/mol. The fraction of sp³-hybridized carbons (Fsp3) is 0.364. The van der Waals surface area contributed by atoms with Crippen molar-refractivity contribution in [2.24, 2.45) is 0 Å². The lowest BCUT2D eigenvalue weighted by molar-refractivity contribution is 0.0934. The van der Waals surface area contributed by atoms with Crippen molar-refractivity contribution in [2.75, 3.05) is 12.4 Å². The van der Waals surface area contributed by atoms with Crippen molar-refractivity contribution in [3.05, 3.63) is 28.8 Å². The molecule has 0 unspecified atom stereocenters. The van der Waals surface area contributed by atoms with E-state index in [1.54, 1.807) is 18.6 Å². The van der Waals surface area contributed by atoms with E-state index in [9.17, 15) is 4.79 Å². The van der Waals surface area contributed by atoms with Crippen molar-refractivity contribution >= 4 is 22.4 Å². The topological polar surface area (TPSA) is 82.7 Å². The van der Waals surface area contributed by atoms with Crippen LogP contribution >= 0.6 is 11.3 Å². The number of carbonyl (C=O) groups excluding carboxylic acids is 1. The highest BCUT2D eigenvalue weighted by atomic mass is 32.1. The van der Waals surface area contributed by atoms with Gasteiger partial charge in [-0.15, -0.1) is 11.3 Å². The van der Waals surface area contributed by atoms with Gasteiger partial charge in [0.15, 0.2) is 5.13 Å². The summed E-state index contributed by atoms with van der Waals surface area (Å²) in [7, 11) is 1.77. The molecule has 2 heterocycles. The van der Waals surface area contributed by atoms with Crippen molar-refractivity contribution in [1.82, 2.24) is 20.3 Å². The van der Waals surface area contributed by atoms with Gasteiger partial charge in [-0.25, -0.2) is 9.97 Å². The predicted octanol–water partition coefficient (Wildman–Crippen LogP) is 1.71. The number of aromatic amines is 1. The van der Waals surface area contributed by atoms with Gasteiger partial charge in [0.2, 0.25) is 0 Å². The molecule has 6 nitrogen and oxygen atoms in total. The molecule has 0 bridgehead atoms. The number of amides is 1. The van der Waals surface area contributed by atoms with Crippen LogP contribution in [-0.4, -0.2) is 27.9 Å². The lowest BCUT2D eigenvalue weighted by atomic mass is 10.3. The molecule has 0 aliphatic carbocycles. The minimum absolute atomic E-state index is 0.175. The summed E-state index contributed by atoms with van der Waals surface area (Å²) in [6.45, 7) is 3.80. The van der Waals surface area contributed by atoms with Crippen LogP contribution in [0.4, 0.5) is 5.13 Å². The highest BCUT2D eigenvalue weighted by molar-refractivity contribution is 7.13. The third-order valence-corrected chi connectivity index (χ3v) is 3.29. The van der Waals surface area contributed by atoms with E-state index in [0.717, 1.165) is 16.6 Å². The summed E-state index contributed by atoms with van der Waals surface area (Å²) in [6.07, 6.45) is 1.74. The van der Waals surface area contributed by atoms with Crippen molar-refractivity contribution < 1.29 is 4.79 Å². The first-order valence-electron chi connectivity index (χ1n) is 5.56. The summed E-state index contributed by atoms with van der Waals surface area (Å²) in [5.41, 5.74) is 1.39. The number of imidazole rings is 1. The zero-order chi connectivity index (χ0) is 13.1. The van der Waals surface area contributed by atoms with Crippen LogP contribution in [-0.2, 0) is 0 Å². The minimum atomic E-state index is -0.200. The lowest BCUT2D eigenvalue weighted by Crippen LogP contribution is -2.27. The molecule has 1 atom stereocenters. The van der Waals surface area contributed by atoms with Crippen molar-refractivity contribution in [1.29, 1.82) is 0 Å². The number of rotatable bonds is 4. The Bertz CT molecular complexity index is 547. The summed E-state index contributed by atoms with van der Waals surface area (Å²) in [4.78, 5) is 23.3. The van der Waals surface area contributed by atoms with Gasteiger partial charge in [0.05, 0.1) is 6.04 Å². The van der Waals surface area contributed by atoms with E-state index in [1.165, 1.54) is 11.3 Å². The molecule has 3 N–H and O–H groups in total. The van der Waals surface area contributed by atoms with Gasteiger partial charge in [-0.05, 0) is 13.8 Å². The van der Waals surface area contributed by atoms with Crippen LogP contribution in [0, 0.1) is 6.92 Å². The molecule has 0 saturated heterocycles. The predicted molar refractivity (Wildman–Crippen MR) is 70.9 cm³/mol. The first kappa shape index (κ1) is 12.6. The van der Waals surface area contributed by atoms with Crippen LogP contribution in [0.25, 0.3) is 0 Å². The second-order valence-corrected chi connectivity index (χ2v) is 4.79. The maximum atomic E-state index is 11.9. The van der Waals surface area contributed by atoms with Crippen molar-refractivity contribution in [2.45, 2.75) is 19.9 Å². The number of hydrogen-bond donors (Lipinski definition) is 3. The first-order chi connectivity index (χ1) is 8.60. The minimum Gasteiger partial charge on any atom is -0.365 e. The van der Waals surface area contributed by atoms with Gasteiger partial charge in [0.1, 0.15) is 11.5 Å². The highest BCUT2D eigenvalue weighted by Crippen LogP contribution is 2.15. The Labute approximate surface area is 109 Å². The molecule has 2 aromatic heterocycles. The van der Waals surface area contributed by atoms with Gasteiger partial charge in [0, 0.05) is 24.3 Å². The van der Waals surface area contributed by atoms with Crippen LogP contribution in [0.15, 0.2) is 11.6 Å². The number of aryl methyl sites for hydroxylation is 1.